The predicted octanol–water partition coefficient (Wildman–Crippen LogP) is 1.82. The maximum atomic E-state index is 5.51. The summed E-state index contributed by atoms with van der Waals surface area (Å²) in [5.41, 5.74) is 7.54. The molecule has 5 heteroatoms. The Morgan fingerprint density at radius 3 is 2.76 bits per heavy atom. The highest BCUT2D eigenvalue weighted by Crippen LogP contribution is 2.18. The van der Waals surface area contributed by atoms with Crippen molar-refractivity contribution in [3.63, 3.8) is 0 Å². The molecule has 2 rings (SSSR count). The molecule has 0 bridgehead atoms. The van der Waals surface area contributed by atoms with E-state index < -0.39 is 0 Å². The van der Waals surface area contributed by atoms with Crippen molar-refractivity contribution in [1.29, 1.82) is 0 Å². The average molecular weight is 254 g/mol. The van der Waals surface area contributed by atoms with Crippen LogP contribution in [0.5, 0.6) is 5.75 Å². The maximum Gasteiger partial charge on any atom is 0.123 e. The van der Waals surface area contributed by atoms with Gasteiger partial charge in [0, 0.05) is 18.3 Å². The van der Waals surface area contributed by atoms with Crippen LogP contribution in [-0.4, -0.2) is 16.7 Å². The predicted molar refractivity (Wildman–Crippen MR) is 69.5 cm³/mol. The number of rotatable bonds is 4. The molecule has 2 N–H and O–H groups in total. The van der Waals surface area contributed by atoms with E-state index in [4.69, 9.17) is 10.5 Å². The minimum atomic E-state index is 0. The first-order chi connectivity index (χ1) is 7.83. The third kappa shape index (κ3) is 3.22. The second-order valence-corrected chi connectivity index (χ2v) is 3.55. The number of hydrogen-bond donors (Lipinski definition) is 1. The highest BCUT2D eigenvalue weighted by molar-refractivity contribution is 5.85. The molecule has 0 aliphatic rings. The fraction of sp³-hybridized carbons (Fsp3) is 0.250. The standard InChI is InChI=1S/C12H15N3O.ClH/c1-16-12-5-3-2-4-10(12)7-15-8-11(6-13)14-9-15;/h2-5,8-9H,6-7,13H2,1H3;1H. The smallest absolute Gasteiger partial charge is 0.123 e. The summed E-state index contributed by atoms with van der Waals surface area (Å²) in [7, 11) is 1.68. The molecule has 0 fully saturated rings. The molecule has 4 nitrogen and oxygen atoms in total. The first-order valence-electron chi connectivity index (χ1n) is 5.16. The van der Waals surface area contributed by atoms with Crippen molar-refractivity contribution in [3.8, 4) is 5.75 Å². The summed E-state index contributed by atoms with van der Waals surface area (Å²) in [6.07, 6.45) is 3.74. The third-order valence-electron chi connectivity index (χ3n) is 2.44. The Hall–Kier alpha value is -1.52. The molecule has 0 aliphatic heterocycles. The van der Waals surface area contributed by atoms with E-state index in [9.17, 15) is 0 Å². The molecule has 92 valence electrons. The van der Waals surface area contributed by atoms with Gasteiger partial charge in [0.1, 0.15) is 5.75 Å². The van der Waals surface area contributed by atoms with E-state index in [0.717, 1.165) is 23.6 Å². The molecule has 1 aromatic carbocycles. The lowest BCUT2D eigenvalue weighted by atomic mass is 10.2. The average Bonchev–Trinajstić information content (AvgIpc) is 2.77. The molecule has 17 heavy (non-hydrogen) atoms. The highest BCUT2D eigenvalue weighted by Gasteiger charge is 2.03. The minimum absolute atomic E-state index is 0. The molecule has 0 atom stereocenters. The zero-order valence-electron chi connectivity index (χ0n) is 9.67. The number of halogens is 1. The van der Waals surface area contributed by atoms with Gasteiger partial charge in [0.2, 0.25) is 0 Å². The van der Waals surface area contributed by atoms with Crippen LogP contribution in [0.3, 0.4) is 0 Å². The number of benzene rings is 1. The molecular formula is C12H16ClN3O. The van der Waals surface area contributed by atoms with Crippen LogP contribution in [0.15, 0.2) is 36.8 Å². The van der Waals surface area contributed by atoms with Crippen LogP contribution in [0.25, 0.3) is 0 Å². The lowest BCUT2D eigenvalue weighted by Gasteiger charge is -2.08. The molecule has 1 aromatic heterocycles. The van der Waals surface area contributed by atoms with E-state index >= 15 is 0 Å². The Labute approximate surface area is 107 Å². The van der Waals surface area contributed by atoms with Gasteiger partial charge in [-0.25, -0.2) is 4.98 Å². The molecule has 0 amide bonds. The van der Waals surface area contributed by atoms with Gasteiger partial charge in [0.15, 0.2) is 0 Å². The van der Waals surface area contributed by atoms with E-state index in [1.807, 2.05) is 35.0 Å². The molecule has 0 radical (unpaired) electrons. The first-order valence-corrected chi connectivity index (χ1v) is 5.16. The summed E-state index contributed by atoms with van der Waals surface area (Å²) < 4.78 is 7.29. The van der Waals surface area contributed by atoms with Gasteiger partial charge >= 0.3 is 0 Å². The fourth-order valence-corrected chi connectivity index (χ4v) is 1.63. The lowest BCUT2D eigenvalue weighted by molar-refractivity contribution is 0.408. The van der Waals surface area contributed by atoms with Gasteiger partial charge in [0.25, 0.3) is 0 Å². The second-order valence-electron chi connectivity index (χ2n) is 3.55. The van der Waals surface area contributed by atoms with Crippen LogP contribution in [0.4, 0.5) is 0 Å². The largest absolute Gasteiger partial charge is 0.496 e. The van der Waals surface area contributed by atoms with Gasteiger partial charge in [-0.2, -0.15) is 0 Å². The topological polar surface area (TPSA) is 53.1 Å². The Morgan fingerprint density at radius 2 is 2.12 bits per heavy atom. The van der Waals surface area contributed by atoms with E-state index in [2.05, 4.69) is 4.98 Å². The second kappa shape index (κ2) is 6.27. The monoisotopic (exact) mass is 253 g/mol. The summed E-state index contributed by atoms with van der Waals surface area (Å²) >= 11 is 0. The van der Waals surface area contributed by atoms with Crippen molar-refractivity contribution < 1.29 is 4.74 Å². The number of methoxy groups -OCH3 is 1. The van der Waals surface area contributed by atoms with Crippen molar-refractivity contribution in [2.24, 2.45) is 5.73 Å². The van der Waals surface area contributed by atoms with Crippen molar-refractivity contribution >= 4 is 12.4 Å². The molecule has 0 spiro atoms. The molecule has 1 heterocycles. The summed E-state index contributed by atoms with van der Waals surface area (Å²) in [4.78, 5) is 4.18. The first kappa shape index (κ1) is 13.5. The number of ether oxygens (including phenoxy) is 1. The third-order valence-corrected chi connectivity index (χ3v) is 2.44. The Balaban J connectivity index is 0.00000144. The van der Waals surface area contributed by atoms with Gasteiger partial charge < -0.3 is 15.0 Å². The molecule has 0 aliphatic carbocycles. The van der Waals surface area contributed by atoms with Gasteiger partial charge in [-0.1, -0.05) is 18.2 Å². The Morgan fingerprint density at radius 1 is 1.35 bits per heavy atom. The number of para-hydroxylation sites is 1. The maximum absolute atomic E-state index is 5.51. The van der Waals surface area contributed by atoms with E-state index in [1.54, 1.807) is 13.4 Å². The van der Waals surface area contributed by atoms with Crippen molar-refractivity contribution in [2.75, 3.05) is 7.11 Å². The summed E-state index contributed by atoms with van der Waals surface area (Å²) in [5.74, 6) is 0.894. The Kier molecular flexibility index (Phi) is 5.00. The highest BCUT2D eigenvalue weighted by atomic mass is 35.5. The van der Waals surface area contributed by atoms with Crippen molar-refractivity contribution in [2.45, 2.75) is 13.1 Å². The van der Waals surface area contributed by atoms with Crippen molar-refractivity contribution in [3.05, 3.63) is 48.0 Å². The zero-order valence-corrected chi connectivity index (χ0v) is 10.5. The van der Waals surface area contributed by atoms with E-state index in [0.29, 0.717) is 6.54 Å². The van der Waals surface area contributed by atoms with Crippen molar-refractivity contribution in [1.82, 2.24) is 9.55 Å². The van der Waals surface area contributed by atoms with E-state index in [1.165, 1.54) is 0 Å². The number of imidazole rings is 1. The molecule has 0 saturated carbocycles. The normalized spacial score (nSPS) is 9.76. The number of nitrogens with two attached hydrogens (primary N) is 1. The number of nitrogens with zero attached hydrogens (tertiary/aromatic N) is 2. The van der Waals surface area contributed by atoms with Crippen LogP contribution in [0, 0.1) is 0 Å². The zero-order chi connectivity index (χ0) is 11.4. The van der Waals surface area contributed by atoms with Gasteiger partial charge in [-0.05, 0) is 6.07 Å². The van der Waals surface area contributed by atoms with Crippen LogP contribution in [0.2, 0.25) is 0 Å². The molecule has 0 saturated heterocycles. The fourth-order valence-electron chi connectivity index (χ4n) is 1.63. The minimum Gasteiger partial charge on any atom is -0.496 e. The van der Waals surface area contributed by atoms with Gasteiger partial charge in [0.05, 0.1) is 25.7 Å². The SMILES string of the molecule is COc1ccccc1Cn1cnc(CN)c1.Cl. The molecular weight excluding hydrogens is 238 g/mol. The number of aromatic nitrogens is 2. The van der Waals surface area contributed by atoms with Crippen LogP contribution < -0.4 is 10.5 Å². The lowest BCUT2D eigenvalue weighted by Crippen LogP contribution is -2.00. The van der Waals surface area contributed by atoms with Crippen LogP contribution in [0.1, 0.15) is 11.3 Å². The molecule has 0 unspecified atom stereocenters. The summed E-state index contributed by atoms with van der Waals surface area (Å²) in [6, 6.07) is 7.96. The van der Waals surface area contributed by atoms with Crippen LogP contribution in [-0.2, 0) is 13.1 Å². The molecule has 2 aromatic rings. The number of hydrogen-bond acceptors (Lipinski definition) is 3. The Bertz CT molecular complexity index is 470. The van der Waals surface area contributed by atoms with Crippen LogP contribution >= 0.6 is 12.4 Å². The summed E-state index contributed by atoms with van der Waals surface area (Å²) in [6.45, 7) is 1.22. The van der Waals surface area contributed by atoms with Gasteiger partial charge in [-0.3, -0.25) is 0 Å². The van der Waals surface area contributed by atoms with E-state index in [-0.39, 0.29) is 12.4 Å². The van der Waals surface area contributed by atoms with Gasteiger partial charge in [-0.15, -0.1) is 12.4 Å². The quantitative estimate of drug-likeness (QED) is 0.904. The summed E-state index contributed by atoms with van der Waals surface area (Å²) in [5, 5.41) is 0.